The number of hydrogen-bond acceptors (Lipinski definition) is 9. The first-order chi connectivity index (χ1) is 17.4. The van der Waals surface area contributed by atoms with Crippen LogP contribution in [0.5, 0.6) is 0 Å². The van der Waals surface area contributed by atoms with Gasteiger partial charge in [0.2, 0.25) is 17.7 Å². The van der Waals surface area contributed by atoms with Gasteiger partial charge in [-0.1, -0.05) is 30.3 Å². The number of benzene rings is 1. The molecule has 1 aromatic carbocycles. The fraction of sp³-hybridized carbons (Fsp3) is 0.417. The van der Waals surface area contributed by atoms with Crippen molar-refractivity contribution in [2.24, 2.45) is 13.0 Å². The highest BCUT2D eigenvalue weighted by Gasteiger charge is 2.40. The van der Waals surface area contributed by atoms with Gasteiger partial charge in [0.25, 0.3) is 5.56 Å². The van der Waals surface area contributed by atoms with Crippen molar-refractivity contribution in [1.82, 2.24) is 34.2 Å². The number of imidazole rings is 1. The normalized spacial score (nSPS) is 19.3. The van der Waals surface area contributed by atoms with Crippen LogP contribution in [0, 0.1) is 12.8 Å². The van der Waals surface area contributed by atoms with Crippen LogP contribution in [0.3, 0.4) is 0 Å². The Kier molecular flexibility index (Phi) is 5.32. The number of carbonyl (C=O) groups is 1. The average molecular weight is 491 g/mol. The number of carbonyl (C=O) groups excluding carboxylic acids is 1. The molecular weight excluding hydrogens is 464 g/mol. The van der Waals surface area contributed by atoms with Gasteiger partial charge in [0.15, 0.2) is 16.9 Å². The number of rotatable bonds is 6. The van der Waals surface area contributed by atoms with E-state index >= 15 is 0 Å². The molecule has 0 saturated carbocycles. The smallest absolute Gasteiger partial charge is 0.332 e. The molecule has 2 fully saturated rings. The van der Waals surface area contributed by atoms with Crippen molar-refractivity contribution in [3.05, 3.63) is 68.5 Å². The SMILES string of the molecule is Cc1nnc(Cn2c(N3CCC4CNCC43)nc3c2c(=O)n(CC(=O)c2ccccc2)c(=O)n3C)o1. The second kappa shape index (κ2) is 8.55. The van der Waals surface area contributed by atoms with E-state index in [-0.39, 0.29) is 36.1 Å². The summed E-state index contributed by atoms with van der Waals surface area (Å²) in [4.78, 5) is 46.9. The number of ketones is 1. The van der Waals surface area contributed by atoms with Crippen molar-refractivity contribution in [2.45, 2.75) is 32.5 Å². The third kappa shape index (κ3) is 3.56. The number of aromatic nitrogens is 6. The van der Waals surface area contributed by atoms with E-state index in [1.807, 2.05) is 0 Å². The average Bonchev–Trinajstić information content (AvgIpc) is 3.66. The highest BCUT2D eigenvalue weighted by Crippen LogP contribution is 2.33. The minimum Gasteiger partial charge on any atom is -0.424 e. The zero-order valence-electron chi connectivity index (χ0n) is 20.0. The topological polar surface area (TPSA) is 133 Å². The summed E-state index contributed by atoms with van der Waals surface area (Å²) in [7, 11) is 1.56. The molecule has 0 aliphatic carbocycles. The van der Waals surface area contributed by atoms with Gasteiger partial charge in [-0.05, 0) is 12.3 Å². The molecule has 2 unspecified atom stereocenters. The lowest BCUT2D eigenvalue weighted by atomic mass is 10.1. The van der Waals surface area contributed by atoms with E-state index in [0.717, 1.165) is 30.6 Å². The third-order valence-electron chi connectivity index (χ3n) is 7.17. The Morgan fingerprint density at radius 3 is 2.69 bits per heavy atom. The van der Waals surface area contributed by atoms with Crippen LogP contribution < -0.4 is 21.5 Å². The number of nitrogens with zero attached hydrogens (tertiary/aromatic N) is 7. The van der Waals surface area contributed by atoms with E-state index < -0.39 is 11.2 Å². The Balaban J connectivity index is 1.52. The Bertz CT molecular complexity index is 1580. The molecule has 5 heterocycles. The maximum Gasteiger partial charge on any atom is 0.332 e. The standard InChI is InChI=1S/C24H26N8O4/c1-14-27-28-19(36-14)13-31-20-21(26-23(31)30-9-8-16-10-25-11-17(16)30)29(2)24(35)32(22(20)34)12-18(33)15-6-4-3-5-7-15/h3-7,16-17,25H,8-13H2,1-2H3. The molecule has 12 heteroatoms. The molecule has 6 rings (SSSR count). The summed E-state index contributed by atoms with van der Waals surface area (Å²) in [6.07, 6.45) is 1.01. The number of nitrogens with one attached hydrogen (secondary N) is 1. The van der Waals surface area contributed by atoms with Crippen LogP contribution in [0.2, 0.25) is 0 Å². The van der Waals surface area contributed by atoms with E-state index in [2.05, 4.69) is 20.4 Å². The maximum absolute atomic E-state index is 13.8. The van der Waals surface area contributed by atoms with Crippen LogP contribution in [0.4, 0.5) is 5.95 Å². The molecule has 1 N–H and O–H groups in total. The van der Waals surface area contributed by atoms with Crippen molar-refractivity contribution in [1.29, 1.82) is 0 Å². The molecule has 0 amide bonds. The van der Waals surface area contributed by atoms with Gasteiger partial charge in [-0.2, -0.15) is 4.98 Å². The van der Waals surface area contributed by atoms with Crippen molar-refractivity contribution in [3.8, 4) is 0 Å². The first-order valence-electron chi connectivity index (χ1n) is 12.0. The van der Waals surface area contributed by atoms with Crippen LogP contribution in [-0.4, -0.2) is 60.3 Å². The van der Waals surface area contributed by atoms with Crippen LogP contribution in [0.15, 0.2) is 44.3 Å². The summed E-state index contributed by atoms with van der Waals surface area (Å²) < 4.78 is 9.67. The fourth-order valence-electron chi connectivity index (χ4n) is 5.36. The lowest BCUT2D eigenvalue weighted by Gasteiger charge is -2.24. The summed E-state index contributed by atoms with van der Waals surface area (Å²) in [6, 6.07) is 8.85. The second-order valence-corrected chi connectivity index (χ2v) is 9.37. The number of Topliss-reactive ketones (excluding diaryl/α,β-unsaturated/α-hetero) is 1. The summed E-state index contributed by atoms with van der Waals surface area (Å²) in [5.74, 6) is 1.49. The molecule has 0 spiro atoms. The van der Waals surface area contributed by atoms with Gasteiger partial charge in [-0.25, -0.2) is 4.79 Å². The van der Waals surface area contributed by atoms with Gasteiger partial charge in [0.05, 0.1) is 6.54 Å². The molecule has 0 radical (unpaired) electrons. The summed E-state index contributed by atoms with van der Waals surface area (Å²) in [6.45, 7) is 4.00. The molecule has 2 aliphatic heterocycles. The highest BCUT2D eigenvalue weighted by atomic mass is 16.4. The summed E-state index contributed by atoms with van der Waals surface area (Å²) in [5, 5.41) is 11.5. The van der Waals surface area contributed by atoms with E-state index in [1.165, 1.54) is 4.57 Å². The van der Waals surface area contributed by atoms with Gasteiger partial charge in [-0.3, -0.25) is 23.3 Å². The summed E-state index contributed by atoms with van der Waals surface area (Å²) >= 11 is 0. The number of anilines is 1. The highest BCUT2D eigenvalue weighted by molar-refractivity contribution is 5.95. The minimum atomic E-state index is -0.594. The predicted molar refractivity (Wildman–Crippen MR) is 130 cm³/mol. The van der Waals surface area contributed by atoms with Crippen LogP contribution in [0.25, 0.3) is 11.2 Å². The Labute approximate surface area is 205 Å². The van der Waals surface area contributed by atoms with Crippen LogP contribution in [0.1, 0.15) is 28.6 Å². The summed E-state index contributed by atoms with van der Waals surface area (Å²) in [5.41, 5.74) is -0.262. The lowest BCUT2D eigenvalue weighted by Crippen LogP contribution is -2.41. The first kappa shape index (κ1) is 22.4. The number of hydrogen-bond donors (Lipinski definition) is 1. The number of fused-ring (bicyclic) bond motifs is 2. The number of aryl methyl sites for hydroxylation is 2. The van der Waals surface area contributed by atoms with Gasteiger partial charge in [0.1, 0.15) is 6.54 Å². The Morgan fingerprint density at radius 2 is 1.94 bits per heavy atom. The van der Waals surface area contributed by atoms with E-state index in [9.17, 15) is 14.4 Å². The first-order valence-corrected chi connectivity index (χ1v) is 12.0. The van der Waals surface area contributed by atoms with Gasteiger partial charge in [-0.15, -0.1) is 10.2 Å². The molecule has 4 aromatic rings. The molecule has 186 valence electrons. The molecule has 12 nitrogen and oxygen atoms in total. The third-order valence-corrected chi connectivity index (χ3v) is 7.17. The van der Waals surface area contributed by atoms with E-state index in [4.69, 9.17) is 9.40 Å². The quantitative estimate of drug-likeness (QED) is 0.379. The molecule has 2 atom stereocenters. The predicted octanol–water partition coefficient (Wildman–Crippen LogP) is 0.317. The lowest BCUT2D eigenvalue weighted by molar-refractivity contribution is 0.0969. The van der Waals surface area contributed by atoms with Crippen molar-refractivity contribution < 1.29 is 9.21 Å². The Morgan fingerprint density at radius 1 is 1.14 bits per heavy atom. The van der Waals surface area contributed by atoms with Crippen LogP contribution in [-0.2, 0) is 20.1 Å². The van der Waals surface area contributed by atoms with Gasteiger partial charge < -0.3 is 14.6 Å². The maximum atomic E-state index is 13.8. The van der Waals surface area contributed by atoms with Crippen molar-refractivity contribution in [2.75, 3.05) is 24.5 Å². The molecule has 2 aliphatic rings. The van der Waals surface area contributed by atoms with Gasteiger partial charge >= 0.3 is 5.69 Å². The molecule has 2 saturated heterocycles. The van der Waals surface area contributed by atoms with Crippen molar-refractivity contribution >= 4 is 22.9 Å². The van der Waals surface area contributed by atoms with E-state index in [1.54, 1.807) is 48.9 Å². The monoisotopic (exact) mass is 490 g/mol. The fourth-order valence-corrected chi connectivity index (χ4v) is 5.36. The molecule has 0 bridgehead atoms. The van der Waals surface area contributed by atoms with Crippen molar-refractivity contribution in [3.63, 3.8) is 0 Å². The molecule has 3 aromatic heterocycles. The zero-order chi connectivity index (χ0) is 25.0. The second-order valence-electron chi connectivity index (χ2n) is 9.37. The molecular formula is C24H26N8O4. The Hall–Kier alpha value is -4.06. The van der Waals surface area contributed by atoms with Crippen LogP contribution >= 0.6 is 0 Å². The minimum absolute atomic E-state index is 0.119. The molecule has 36 heavy (non-hydrogen) atoms. The van der Waals surface area contributed by atoms with E-state index in [0.29, 0.717) is 29.2 Å². The largest absolute Gasteiger partial charge is 0.424 e. The zero-order valence-corrected chi connectivity index (χ0v) is 20.0. The van der Waals surface area contributed by atoms with Gasteiger partial charge in [0, 0.05) is 45.2 Å².